The number of hydrogen-bond donors (Lipinski definition) is 8. The molecule has 3 amide bonds. The highest BCUT2D eigenvalue weighted by Crippen LogP contribution is 2.19. The second-order valence-electron chi connectivity index (χ2n) is 9.09. The van der Waals surface area contributed by atoms with Crippen molar-refractivity contribution in [2.45, 2.75) is 56.8 Å². The van der Waals surface area contributed by atoms with Crippen LogP contribution in [0, 0.1) is 0 Å². The van der Waals surface area contributed by atoms with Crippen LogP contribution >= 0.6 is 0 Å². The fourth-order valence-electron chi connectivity index (χ4n) is 3.93. The standard InChI is InChI=1S/C25H31N7O7/c1-13(26)22(35)30-18(6-7-21(33)34)23(36)31-19(9-15-11-27-12-29-15)24(37)32-20(25(38)39)8-14-10-28-17-5-3-2-4-16(14)17/h2-5,10-13,18-20,28H,6-9,26H2,1H3,(H,27,29)(H,30,35)(H,31,36)(H,32,37)(H,33,34)(H,38,39). The molecule has 39 heavy (non-hydrogen) atoms. The van der Waals surface area contributed by atoms with Crippen LogP contribution in [0.15, 0.2) is 43.0 Å². The molecule has 0 fully saturated rings. The predicted octanol–water partition coefficient (Wildman–Crippen LogP) is -0.573. The first-order valence-corrected chi connectivity index (χ1v) is 12.2. The number of H-pyrrole nitrogens is 2. The number of carbonyl (C=O) groups is 5. The van der Waals surface area contributed by atoms with Crippen LogP contribution in [0.3, 0.4) is 0 Å². The van der Waals surface area contributed by atoms with Gasteiger partial charge in [0.1, 0.15) is 18.1 Å². The third kappa shape index (κ3) is 8.13. The van der Waals surface area contributed by atoms with Gasteiger partial charge in [0.15, 0.2) is 0 Å². The summed E-state index contributed by atoms with van der Waals surface area (Å²) >= 11 is 0. The van der Waals surface area contributed by atoms with Gasteiger partial charge in [-0.2, -0.15) is 0 Å². The Morgan fingerprint density at radius 2 is 1.59 bits per heavy atom. The zero-order chi connectivity index (χ0) is 28.5. The summed E-state index contributed by atoms with van der Waals surface area (Å²) in [5, 5.41) is 27.1. The molecule has 0 saturated heterocycles. The molecule has 0 saturated carbocycles. The van der Waals surface area contributed by atoms with Crippen molar-refractivity contribution in [3.63, 3.8) is 0 Å². The third-order valence-electron chi connectivity index (χ3n) is 6.02. The Morgan fingerprint density at radius 1 is 0.923 bits per heavy atom. The van der Waals surface area contributed by atoms with E-state index in [2.05, 4.69) is 30.9 Å². The summed E-state index contributed by atoms with van der Waals surface area (Å²) < 4.78 is 0. The van der Waals surface area contributed by atoms with E-state index in [0.29, 0.717) is 11.3 Å². The van der Waals surface area contributed by atoms with Crippen molar-refractivity contribution < 1.29 is 34.2 Å². The summed E-state index contributed by atoms with van der Waals surface area (Å²) in [6.45, 7) is 1.40. The van der Waals surface area contributed by atoms with Crippen molar-refractivity contribution in [1.29, 1.82) is 0 Å². The quantitative estimate of drug-likeness (QED) is 0.130. The minimum absolute atomic E-state index is 0.0263. The number of aliphatic carboxylic acids is 2. The number of aromatic nitrogens is 3. The van der Waals surface area contributed by atoms with E-state index < -0.39 is 60.2 Å². The molecular formula is C25H31N7O7. The van der Waals surface area contributed by atoms with Gasteiger partial charge in [0, 0.05) is 48.3 Å². The van der Waals surface area contributed by atoms with Crippen molar-refractivity contribution in [3.05, 3.63) is 54.2 Å². The normalized spacial score (nSPS) is 14.1. The van der Waals surface area contributed by atoms with Crippen molar-refractivity contribution in [2.24, 2.45) is 5.73 Å². The third-order valence-corrected chi connectivity index (χ3v) is 6.02. The van der Waals surface area contributed by atoms with Gasteiger partial charge in [-0.25, -0.2) is 9.78 Å². The van der Waals surface area contributed by atoms with Gasteiger partial charge in [-0.1, -0.05) is 18.2 Å². The molecule has 1 aromatic carbocycles. The van der Waals surface area contributed by atoms with Crippen LogP contribution in [0.1, 0.15) is 31.0 Å². The average Bonchev–Trinajstić information content (AvgIpc) is 3.55. The second-order valence-corrected chi connectivity index (χ2v) is 9.09. The van der Waals surface area contributed by atoms with Crippen molar-refractivity contribution >= 4 is 40.6 Å². The highest BCUT2D eigenvalue weighted by atomic mass is 16.4. The van der Waals surface area contributed by atoms with Crippen LogP contribution in [-0.2, 0) is 36.8 Å². The number of para-hydroxylation sites is 1. The van der Waals surface area contributed by atoms with Crippen LogP contribution in [0.2, 0.25) is 0 Å². The van der Waals surface area contributed by atoms with Gasteiger partial charge in [0.2, 0.25) is 17.7 Å². The monoisotopic (exact) mass is 541 g/mol. The first kappa shape index (κ1) is 28.8. The minimum atomic E-state index is -1.32. The number of benzene rings is 1. The number of aromatic amines is 2. The number of carboxylic acid groups (broad SMARTS) is 2. The Morgan fingerprint density at radius 3 is 2.23 bits per heavy atom. The molecule has 14 nitrogen and oxygen atoms in total. The van der Waals surface area contributed by atoms with Crippen LogP contribution in [0.25, 0.3) is 10.9 Å². The molecule has 3 aromatic rings. The lowest BCUT2D eigenvalue weighted by Crippen LogP contribution is -2.57. The number of amides is 3. The van der Waals surface area contributed by atoms with Crippen molar-refractivity contribution in [1.82, 2.24) is 30.9 Å². The van der Waals surface area contributed by atoms with E-state index >= 15 is 0 Å². The zero-order valence-electron chi connectivity index (χ0n) is 21.1. The molecule has 2 heterocycles. The smallest absolute Gasteiger partial charge is 0.326 e. The second kappa shape index (κ2) is 13.2. The fraction of sp³-hybridized carbons (Fsp3) is 0.360. The van der Waals surface area contributed by atoms with E-state index in [0.717, 1.165) is 10.9 Å². The molecule has 2 aromatic heterocycles. The number of nitrogens with two attached hydrogens (primary N) is 1. The first-order valence-electron chi connectivity index (χ1n) is 12.2. The molecule has 4 atom stereocenters. The fourth-order valence-corrected chi connectivity index (χ4v) is 3.93. The van der Waals surface area contributed by atoms with E-state index in [4.69, 9.17) is 10.8 Å². The Balaban J connectivity index is 1.79. The maximum Gasteiger partial charge on any atom is 0.326 e. The summed E-state index contributed by atoms with van der Waals surface area (Å²) in [6, 6.07) is 2.47. The van der Waals surface area contributed by atoms with Gasteiger partial charge in [-0.05, 0) is 25.0 Å². The lowest BCUT2D eigenvalue weighted by molar-refractivity contribution is -0.142. The van der Waals surface area contributed by atoms with Crippen molar-refractivity contribution in [2.75, 3.05) is 0 Å². The topological polar surface area (TPSA) is 232 Å². The van der Waals surface area contributed by atoms with Gasteiger partial charge < -0.3 is 41.9 Å². The number of nitrogens with one attached hydrogen (secondary N) is 5. The lowest BCUT2D eigenvalue weighted by atomic mass is 10.0. The van der Waals surface area contributed by atoms with Crippen LogP contribution < -0.4 is 21.7 Å². The summed E-state index contributed by atoms with van der Waals surface area (Å²) in [6.07, 6.45) is 3.70. The number of fused-ring (bicyclic) bond motifs is 1. The average molecular weight is 542 g/mol. The Bertz CT molecular complexity index is 1320. The first-order chi connectivity index (χ1) is 18.5. The zero-order valence-corrected chi connectivity index (χ0v) is 21.1. The Hall–Kier alpha value is -4.72. The SMILES string of the molecule is CC(N)C(=O)NC(CCC(=O)O)C(=O)NC(Cc1cnc[nH]1)C(=O)NC(Cc1c[nH]c2ccccc12)C(=O)O. The number of imidazole rings is 1. The Labute approximate surface area is 222 Å². The van der Waals surface area contributed by atoms with E-state index in [1.807, 2.05) is 24.3 Å². The number of hydrogen-bond acceptors (Lipinski definition) is 7. The maximum absolute atomic E-state index is 13.3. The molecular weight excluding hydrogens is 510 g/mol. The molecule has 0 spiro atoms. The van der Waals surface area contributed by atoms with E-state index in [-0.39, 0.29) is 19.3 Å². The van der Waals surface area contributed by atoms with Crippen LogP contribution in [0.4, 0.5) is 0 Å². The van der Waals surface area contributed by atoms with Gasteiger partial charge in [-0.15, -0.1) is 0 Å². The molecule has 0 radical (unpaired) electrons. The molecule has 0 aliphatic carbocycles. The Kier molecular flexibility index (Phi) is 9.75. The van der Waals surface area contributed by atoms with Gasteiger partial charge in [0.05, 0.1) is 12.4 Å². The number of carbonyl (C=O) groups excluding carboxylic acids is 3. The maximum atomic E-state index is 13.3. The van der Waals surface area contributed by atoms with Crippen molar-refractivity contribution in [3.8, 4) is 0 Å². The summed E-state index contributed by atoms with van der Waals surface area (Å²) in [4.78, 5) is 71.4. The van der Waals surface area contributed by atoms with Crippen LogP contribution in [0.5, 0.6) is 0 Å². The molecule has 0 aliphatic rings. The summed E-state index contributed by atoms with van der Waals surface area (Å²) in [5.41, 5.74) is 7.53. The van der Waals surface area contributed by atoms with E-state index in [9.17, 15) is 29.1 Å². The number of nitrogens with zero attached hydrogens (tertiary/aromatic N) is 1. The molecule has 0 bridgehead atoms. The van der Waals surface area contributed by atoms with Crippen LogP contribution in [-0.4, -0.2) is 79.0 Å². The highest BCUT2D eigenvalue weighted by molar-refractivity contribution is 5.94. The molecule has 9 N–H and O–H groups in total. The van der Waals surface area contributed by atoms with Gasteiger partial charge in [-0.3, -0.25) is 19.2 Å². The number of carboxylic acids is 2. The van der Waals surface area contributed by atoms with Gasteiger partial charge in [0.25, 0.3) is 0 Å². The van der Waals surface area contributed by atoms with E-state index in [1.54, 1.807) is 6.20 Å². The lowest BCUT2D eigenvalue weighted by Gasteiger charge is -2.24. The number of rotatable bonds is 14. The molecule has 14 heteroatoms. The van der Waals surface area contributed by atoms with E-state index in [1.165, 1.54) is 19.4 Å². The minimum Gasteiger partial charge on any atom is -0.481 e. The molecule has 0 aliphatic heterocycles. The largest absolute Gasteiger partial charge is 0.481 e. The molecule has 4 unspecified atom stereocenters. The highest BCUT2D eigenvalue weighted by Gasteiger charge is 2.31. The molecule has 3 rings (SSSR count). The predicted molar refractivity (Wildman–Crippen MR) is 138 cm³/mol. The van der Waals surface area contributed by atoms with Gasteiger partial charge >= 0.3 is 11.9 Å². The summed E-state index contributed by atoms with van der Waals surface area (Å²) in [7, 11) is 0. The molecule has 208 valence electrons. The summed E-state index contributed by atoms with van der Waals surface area (Å²) in [5.74, 6) is -4.76.